The van der Waals surface area contributed by atoms with Gasteiger partial charge in [-0.1, -0.05) is 42.5 Å². The number of aliphatic hydroxyl groups is 1. The monoisotopic (exact) mass is 341 g/mol. The minimum atomic E-state index is -0.911. The largest absolute Gasteiger partial charge is 0.497 e. The molecule has 2 N–H and O–H groups in total. The molecule has 0 aliphatic carbocycles. The maximum Gasteiger partial charge on any atom is 0.220 e. The summed E-state index contributed by atoms with van der Waals surface area (Å²) in [6.07, 6.45) is 2.47. The molecule has 134 valence electrons. The van der Waals surface area contributed by atoms with Gasteiger partial charge in [-0.05, 0) is 49.4 Å². The van der Waals surface area contributed by atoms with Crippen molar-refractivity contribution in [3.8, 4) is 5.75 Å². The first-order chi connectivity index (χ1) is 12.0. The van der Waals surface area contributed by atoms with Crippen LogP contribution in [0.2, 0.25) is 0 Å². The van der Waals surface area contributed by atoms with Gasteiger partial charge in [-0.3, -0.25) is 4.79 Å². The van der Waals surface area contributed by atoms with Gasteiger partial charge < -0.3 is 15.2 Å². The molecule has 0 saturated heterocycles. The average molecular weight is 341 g/mol. The number of hydrogen-bond donors (Lipinski definition) is 2. The standard InChI is InChI=1S/C21H27NO3/c1-21(24,15-14-17-6-4-3-5-7-17)16-22-20(23)13-10-18-8-11-19(25-2)12-9-18/h3-9,11-12,24H,10,13-16H2,1-2H3,(H,22,23). The highest BCUT2D eigenvalue weighted by molar-refractivity contribution is 5.76. The summed E-state index contributed by atoms with van der Waals surface area (Å²) in [6.45, 7) is 2.03. The second kappa shape index (κ2) is 9.23. The number of amides is 1. The van der Waals surface area contributed by atoms with E-state index in [-0.39, 0.29) is 12.5 Å². The molecule has 0 aliphatic heterocycles. The molecule has 2 rings (SSSR count). The first kappa shape index (κ1) is 19.0. The molecule has 0 fully saturated rings. The van der Waals surface area contributed by atoms with Crippen molar-refractivity contribution in [1.82, 2.24) is 5.32 Å². The van der Waals surface area contributed by atoms with Crippen LogP contribution >= 0.6 is 0 Å². The van der Waals surface area contributed by atoms with E-state index in [1.54, 1.807) is 14.0 Å². The summed E-state index contributed by atoms with van der Waals surface area (Å²) in [4.78, 5) is 12.0. The smallest absolute Gasteiger partial charge is 0.220 e. The first-order valence-electron chi connectivity index (χ1n) is 8.64. The van der Waals surface area contributed by atoms with Gasteiger partial charge in [0.1, 0.15) is 5.75 Å². The highest BCUT2D eigenvalue weighted by Crippen LogP contribution is 2.14. The quantitative estimate of drug-likeness (QED) is 0.737. The first-order valence-corrected chi connectivity index (χ1v) is 8.64. The van der Waals surface area contributed by atoms with Crippen molar-refractivity contribution in [2.45, 2.75) is 38.2 Å². The number of hydrogen-bond acceptors (Lipinski definition) is 3. The van der Waals surface area contributed by atoms with E-state index < -0.39 is 5.60 Å². The average Bonchev–Trinajstić information content (AvgIpc) is 2.64. The van der Waals surface area contributed by atoms with Gasteiger partial charge >= 0.3 is 0 Å². The van der Waals surface area contributed by atoms with Crippen LogP contribution in [0.1, 0.15) is 30.9 Å². The Kier molecular flexibility index (Phi) is 7.02. The van der Waals surface area contributed by atoms with E-state index in [0.29, 0.717) is 19.3 Å². The van der Waals surface area contributed by atoms with Gasteiger partial charge in [-0.25, -0.2) is 0 Å². The van der Waals surface area contributed by atoms with Crippen molar-refractivity contribution in [3.05, 3.63) is 65.7 Å². The number of nitrogens with one attached hydrogen (secondary N) is 1. The van der Waals surface area contributed by atoms with Gasteiger partial charge in [-0.2, -0.15) is 0 Å². The molecule has 4 heteroatoms. The van der Waals surface area contributed by atoms with Gasteiger partial charge in [0.15, 0.2) is 0 Å². The fourth-order valence-corrected chi connectivity index (χ4v) is 2.57. The topological polar surface area (TPSA) is 58.6 Å². The summed E-state index contributed by atoms with van der Waals surface area (Å²) in [6, 6.07) is 17.8. The van der Waals surface area contributed by atoms with Crippen LogP contribution in [0.25, 0.3) is 0 Å². The number of ether oxygens (including phenoxy) is 1. The number of benzene rings is 2. The van der Waals surface area contributed by atoms with E-state index in [4.69, 9.17) is 4.74 Å². The zero-order chi connectivity index (χ0) is 18.1. The number of methoxy groups -OCH3 is 1. The van der Waals surface area contributed by atoms with Crippen LogP contribution in [0, 0.1) is 0 Å². The Morgan fingerprint density at radius 2 is 1.68 bits per heavy atom. The number of rotatable bonds is 9. The number of aryl methyl sites for hydroxylation is 2. The van der Waals surface area contributed by atoms with E-state index >= 15 is 0 Å². The molecule has 0 spiro atoms. The van der Waals surface area contributed by atoms with Crippen molar-refractivity contribution in [2.75, 3.05) is 13.7 Å². The Balaban J connectivity index is 1.70. The van der Waals surface area contributed by atoms with Crippen LogP contribution < -0.4 is 10.1 Å². The lowest BCUT2D eigenvalue weighted by atomic mass is 9.96. The molecule has 0 radical (unpaired) electrons. The molecule has 25 heavy (non-hydrogen) atoms. The molecule has 1 atom stereocenters. The van der Waals surface area contributed by atoms with Gasteiger partial charge in [0.25, 0.3) is 0 Å². The molecule has 0 aromatic heterocycles. The molecule has 2 aromatic carbocycles. The maximum atomic E-state index is 12.0. The zero-order valence-corrected chi connectivity index (χ0v) is 15.0. The van der Waals surface area contributed by atoms with E-state index in [9.17, 15) is 9.90 Å². The Morgan fingerprint density at radius 1 is 1.04 bits per heavy atom. The summed E-state index contributed by atoms with van der Waals surface area (Å²) in [7, 11) is 1.63. The fraction of sp³-hybridized carbons (Fsp3) is 0.381. The van der Waals surface area contributed by atoms with Crippen LogP contribution in [-0.2, 0) is 17.6 Å². The molecule has 1 unspecified atom stereocenters. The van der Waals surface area contributed by atoms with E-state index in [0.717, 1.165) is 17.7 Å². The molecule has 0 bridgehead atoms. The third-order valence-electron chi connectivity index (χ3n) is 4.26. The van der Waals surface area contributed by atoms with Crippen molar-refractivity contribution < 1.29 is 14.6 Å². The highest BCUT2D eigenvalue weighted by Gasteiger charge is 2.20. The van der Waals surface area contributed by atoms with Crippen LogP contribution in [0.5, 0.6) is 5.75 Å². The molecule has 4 nitrogen and oxygen atoms in total. The maximum absolute atomic E-state index is 12.0. The van der Waals surface area contributed by atoms with Crippen LogP contribution in [0.3, 0.4) is 0 Å². The van der Waals surface area contributed by atoms with E-state index in [2.05, 4.69) is 5.32 Å². The van der Waals surface area contributed by atoms with Crippen LogP contribution in [-0.4, -0.2) is 30.3 Å². The molecule has 0 heterocycles. The molecular weight excluding hydrogens is 314 g/mol. The second-order valence-corrected chi connectivity index (χ2v) is 6.61. The summed E-state index contributed by atoms with van der Waals surface area (Å²) in [5.41, 5.74) is 1.37. The summed E-state index contributed by atoms with van der Waals surface area (Å²) in [5, 5.41) is 13.3. The summed E-state index contributed by atoms with van der Waals surface area (Å²) in [5.74, 6) is 0.762. The predicted molar refractivity (Wildman–Crippen MR) is 99.7 cm³/mol. The van der Waals surface area contributed by atoms with Crippen LogP contribution in [0.15, 0.2) is 54.6 Å². The van der Waals surface area contributed by atoms with Gasteiger partial charge in [0.2, 0.25) is 5.91 Å². The van der Waals surface area contributed by atoms with Gasteiger partial charge in [-0.15, -0.1) is 0 Å². The lowest BCUT2D eigenvalue weighted by Crippen LogP contribution is -2.41. The minimum Gasteiger partial charge on any atom is -0.497 e. The van der Waals surface area contributed by atoms with Crippen molar-refractivity contribution >= 4 is 5.91 Å². The highest BCUT2D eigenvalue weighted by atomic mass is 16.5. The minimum absolute atomic E-state index is 0.0456. The van der Waals surface area contributed by atoms with E-state index in [1.165, 1.54) is 5.56 Å². The molecule has 2 aromatic rings. The van der Waals surface area contributed by atoms with Gasteiger partial charge in [0, 0.05) is 13.0 Å². The number of carbonyl (C=O) groups excluding carboxylic acids is 1. The zero-order valence-electron chi connectivity index (χ0n) is 15.0. The fourth-order valence-electron chi connectivity index (χ4n) is 2.57. The molecule has 0 aliphatic rings. The van der Waals surface area contributed by atoms with Gasteiger partial charge in [0.05, 0.1) is 12.7 Å². The predicted octanol–water partition coefficient (Wildman–Crippen LogP) is 3.13. The summed E-state index contributed by atoms with van der Waals surface area (Å²) >= 11 is 0. The van der Waals surface area contributed by atoms with Crippen molar-refractivity contribution in [1.29, 1.82) is 0 Å². The lowest BCUT2D eigenvalue weighted by Gasteiger charge is -2.23. The Bertz CT molecular complexity index is 651. The Morgan fingerprint density at radius 3 is 2.32 bits per heavy atom. The molecule has 0 saturated carbocycles. The Hall–Kier alpha value is -2.33. The van der Waals surface area contributed by atoms with Crippen LogP contribution in [0.4, 0.5) is 0 Å². The lowest BCUT2D eigenvalue weighted by molar-refractivity contribution is -0.122. The third kappa shape index (κ3) is 6.98. The second-order valence-electron chi connectivity index (χ2n) is 6.61. The normalized spacial score (nSPS) is 13.1. The summed E-state index contributed by atoms with van der Waals surface area (Å²) < 4.78 is 5.12. The third-order valence-corrected chi connectivity index (χ3v) is 4.26. The molecular formula is C21H27NO3. The Labute approximate surface area is 149 Å². The van der Waals surface area contributed by atoms with Crippen molar-refractivity contribution in [3.63, 3.8) is 0 Å². The molecule has 1 amide bonds. The van der Waals surface area contributed by atoms with E-state index in [1.807, 2.05) is 54.6 Å². The van der Waals surface area contributed by atoms with Crippen molar-refractivity contribution in [2.24, 2.45) is 0 Å². The SMILES string of the molecule is COc1ccc(CCC(=O)NCC(C)(O)CCc2ccccc2)cc1. The number of carbonyl (C=O) groups is 1.